The van der Waals surface area contributed by atoms with Crippen molar-refractivity contribution in [2.24, 2.45) is 0 Å². The maximum atomic E-state index is 12.9. The molecule has 0 spiro atoms. The van der Waals surface area contributed by atoms with E-state index in [2.05, 4.69) is 5.10 Å². The molecule has 11 heteroatoms. The summed E-state index contributed by atoms with van der Waals surface area (Å²) < 4.78 is 45.3. The summed E-state index contributed by atoms with van der Waals surface area (Å²) in [6.45, 7) is 4.69. The Morgan fingerprint density at radius 2 is 1.92 bits per heavy atom. The number of hydrogen-bond donors (Lipinski definition) is 0. The minimum Gasteiger partial charge on any atom is -0.493 e. The third-order valence-corrected chi connectivity index (χ3v) is 7.47. The van der Waals surface area contributed by atoms with Gasteiger partial charge in [-0.1, -0.05) is 12.1 Å². The first kappa shape index (κ1) is 26.8. The minimum atomic E-state index is -4.54. The number of halogens is 3. The molecule has 0 bridgehead atoms. The van der Waals surface area contributed by atoms with E-state index in [1.165, 1.54) is 6.92 Å². The Morgan fingerprint density at radius 1 is 1.19 bits per heavy atom. The van der Waals surface area contributed by atoms with Crippen LogP contribution in [0.15, 0.2) is 35.7 Å². The highest BCUT2D eigenvalue weighted by Crippen LogP contribution is 2.32. The molecule has 37 heavy (non-hydrogen) atoms. The summed E-state index contributed by atoms with van der Waals surface area (Å²) >= 11 is 1.56. The van der Waals surface area contributed by atoms with Gasteiger partial charge in [-0.3, -0.25) is 14.3 Å². The molecular formula is C26H29F3N4O3S. The first-order valence-electron chi connectivity index (χ1n) is 12.2. The van der Waals surface area contributed by atoms with Crippen LogP contribution >= 0.6 is 11.3 Å². The number of amides is 1. The fourth-order valence-corrected chi connectivity index (χ4v) is 5.42. The molecule has 3 heterocycles. The molecule has 198 valence electrons. The number of ketones is 1. The van der Waals surface area contributed by atoms with Gasteiger partial charge in [0, 0.05) is 36.5 Å². The van der Waals surface area contributed by atoms with Crippen LogP contribution in [-0.2, 0) is 23.9 Å². The molecular weight excluding hydrogens is 505 g/mol. The van der Waals surface area contributed by atoms with Gasteiger partial charge >= 0.3 is 6.18 Å². The summed E-state index contributed by atoms with van der Waals surface area (Å²) in [5.74, 6) is 0.573. The standard InChI is InChI=1S/C26H29F3N4O3S/c1-3-36-22-7-5-4-6-20(22)21(34)9-8-19-16-37-25(30-19)18-10-12-32(13-11-18)24(35)15-33-17(2)14-23(31-33)26(27,28)29/h4-7,14,16,18H,3,8-13,15H2,1-2H3. The number of carbonyl (C=O) groups is 2. The van der Waals surface area contributed by atoms with Crippen molar-refractivity contribution < 1.29 is 27.5 Å². The number of thiazole rings is 1. The first-order chi connectivity index (χ1) is 17.7. The highest BCUT2D eigenvalue weighted by Gasteiger charge is 2.35. The Bertz CT molecular complexity index is 1250. The maximum absolute atomic E-state index is 12.9. The van der Waals surface area contributed by atoms with E-state index in [0.717, 1.165) is 34.3 Å². The van der Waals surface area contributed by atoms with Crippen molar-refractivity contribution in [2.75, 3.05) is 19.7 Å². The summed E-state index contributed by atoms with van der Waals surface area (Å²) in [6, 6.07) is 8.19. The van der Waals surface area contributed by atoms with Gasteiger partial charge in [-0.15, -0.1) is 11.3 Å². The zero-order chi connectivity index (χ0) is 26.6. The van der Waals surface area contributed by atoms with Crippen LogP contribution in [0.25, 0.3) is 0 Å². The number of para-hydroxylation sites is 1. The van der Waals surface area contributed by atoms with Crippen LogP contribution in [0.1, 0.15) is 64.6 Å². The molecule has 0 atom stereocenters. The van der Waals surface area contributed by atoms with Crippen molar-refractivity contribution in [2.45, 2.75) is 58.2 Å². The second kappa shape index (κ2) is 11.5. The van der Waals surface area contributed by atoms with Crippen molar-refractivity contribution in [3.63, 3.8) is 0 Å². The summed E-state index contributed by atoms with van der Waals surface area (Å²) in [5.41, 5.74) is 0.758. The number of alkyl halides is 3. The molecule has 1 aliphatic heterocycles. The second-order valence-electron chi connectivity index (χ2n) is 9.01. The van der Waals surface area contributed by atoms with Gasteiger partial charge in [-0.2, -0.15) is 18.3 Å². The summed E-state index contributed by atoms with van der Waals surface area (Å²) in [5, 5.41) is 6.52. The van der Waals surface area contributed by atoms with Crippen molar-refractivity contribution in [1.29, 1.82) is 0 Å². The number of likely N-dealkylation sites (tertiary alicyclic amines) is 1. The average Bonchev–Trinajstić information content (AvgIpc) is 3.50. The van der Waals surface area contributed by atoms with Crippen molar-refractivity contribution in [3.05, 3.63) is 63.4 Å². The molecule has 1 aromatic carbocycles. The first-order valence-corrected chi connectivity index (χ1v) is 13.1. The number of piperidine rings is 1. The summed E-state index contributed by atoms with van der Waals surface area (Å²) in [7, 11) is 0. The largest absolute Gasteiger partial charge is 0.493 e. The molecule has 0 N–H and O–H groups in total. The van der Waals surface area contributed by atoms with Crippen molar-refractivity contribution in [1.82, 2.24) is 19.7 Å². The molecule has 2 aromatic heterocycles. The van der Waals surface area contributed by atoms with Crippen LogP contribution in [-0.4, -0.2) is 51.1 Å². The van der Waals surface area contributed by atoms with Gasteiger partial charge in [0.05, 0.1) is 22.9 Å². The molecule has 7 nitrogen and oxygen atoms in total. The Kier molecular flexibility index (Phi) is 8.31. The fraction of sp³-hybridized carbons (Fsp3) is 0.462. The normalized spacial score (nSPS) is 14.7. The highest BCUT2D eigenvalue weighted by atomic mass is 32.1. The predicted molar refractivity (Wildman–Crippen MR) is 133 cm³/mol. The van der Waals surface area contributed by atoms with Crippen LogP contribution in [0.4, 0.5) is 13.2 Å². The summed E-state index contributed by atoms with van der Waals surface area (Å²) in [6.07, 6.45) is -2.21. The number of ether oxygens (including phenoxy) is 1. The summed E-state index contributed by atoms with van der Waals surface area (Å²) in [4.78, 5) is 31.8. The highest BCUT2D eigenvalue weighted by molar-refractivity contribution is 7.09. The number of rotatable bonds is 9. The molecule has 0 saturated carbocycles. The van der Waals surface area contributed by atoms with Crippen LogP contribution < -0.4 is 4.74 Å². The number of benzene rings is 1. The van der Waals surface area contributed by atoms with Crippen LogP contribution in [0.3, 0.4) is 0 Å². The number of carbonyl (C=O) groups excluding carboxylic acids is 2. The number of nitrogens with zero attached hydrogens (tertiary/aromatic N) is 4. The lowest BCUT2D eigenvalue weighted by atomic mass is 9.97. The number of hydrogen-bond acceptors (Lipinski definition) is 6. The zero-order valence-electron chi connectivity index (χ0n) is 20.8. The van der Waals surface area contributed by atoms with Gasteiger partial charge in [-0.25, -0.2) is 4.98 Å². The molecule has 4 rings (SSSR count). The quantitative estimate of drug-likeness (QED) is 0.349. The third kappa shape index (κ3) is 6.57. The van der Waals surface area contributed by atoms with Crippen LogP contribution in [0.5, 0.6) is 5.75 Å². The molecule has 0 radical (unpaired) electrons. The second-order valence-corrected chi connectivity index (χ2v) is 9.90. The van der Waals surface area contributed by atoms with Gasteiger partial charge in [0.15, 0.2) is 11.5 Å². The van der Waals surface area contributed by atoms with Gasteiger partial charge < -0.3 is 9.64 Å². The zero-order valence-corrected chi connectivity index (χ0v) is 21.6. The average molecular weight is 535 g/mol. The lowest BCUT2D eigenvalue weighted by molar-refractivity contribution is -0.142. The Hall–Kier alpha value is -3.21. The lowest BCUT2D eigenvalue weighted by Crippen LogP contribution is -2.40. The van der Waals surface area contributed by atoms with Gasteiger partial charge in [0.1, 0.15) is 12.3 Å². The predicted octanol–water partition coefficient (Wildman–Crippen LogP) is 5.29. The van der Waals surface area contributed by atoms with Crippen molar-refractivity contribution in [3.8, 4) is 5.75 Å². The van der Waals surface area contributed by atoms with Gasteiger partial charge in [0.2, 0.25) is 5.91 Å². The monoisotopic (exact) mass is 534 g/mol. The Balaban J connectivity index is 1.28. The van der Waals surface area contributed by atoms with Crippen molar-refractivity contribution >= 4 is 23.0 Å². The molecule has 3 aromatic rings. The number of aromatic nitrogens is 3. The van der Waals surface area contributed by atoms with Gasteiger partial charge in [0.25, 0.3) is 0 Å². The maximum Gasteiger partial charge on any atom is 0.435 e. The SMILES string of the molecule is CCOc1ccccc1C(=O)CCc1csc(C2CCN(C(=O)Cn3nc(C(F)(F)F)cc3C)CC2)n1. The lowest BCUT2D eigenvalue weighted by Gasteiger charge is -2.31. The molecule has 0 aliphatic carbocycles. The Labute approximate surface area is 217 Å². The molecule has 1 saturated heterocycles. The van der Waals surface area contributed by atoms with E-state index in [1.54, 1.807) is 28.4 Å². The smallest absolute Gasteiger partial charge is 0.435 e. The topological polar surface area (TPSA) is 77.3 Å². The van der Waals surface area contributed by atoms with Crippen LogP contribution in [0, 0.1) is 6.92 Å². The number of aryl methyl sites for hydroxylation is 2. The van der Waals surface area contributed by atoms with E-state index in [1.807, 2.05) is 24.4 Å². The number of Topliss-reactive ketones (excluding diaryl/α,β-unsaturated/α-hetero) is 1. The van der Waals surface area contributed by atoms with E-state index < -0.39 is 11.9 Å². The van der Waals surface area contributed by atoms with E-state index >= 15 is 0 Å². The molecule has 1 aliphatic rings. The van der Waals surface area contributed by atoms with Gasteiger partial charge in [-0.05, 0) is 51.3 Å². The Morgan fingerprint density at radius 3 is 2.59 bits per heavy atom. The van der Waals surface area contributed by atoms with E-state index in [-0.39, 0.29) is 24.2 Å². The molecule has 1 fully saturated rings. The fourth-order valence-electron chi connectivity index (χ4n) is 4.39. The molecule has 1 amide bonds. The third-order valence-electron chi connectivity index (χ3n) is 6.42. The minimum absolute atomic E-state index is 0.0141. The van der Waals surface area contributed by atoms with E-state index in [0.29, 0.717) is 49.5 Å². The van der Waals surface area contributed by atoms with E-state index in [4.69, 9.17) is 9.72 Å². The molecule has 0 unspecified atom stereocenters. The van der Waals surface area contributed by atoms with Crippen LogP contribution in [0.2, 0.25) is 0 Å². The van der Waals surface area contributed by atoms with E-state index in [9.17, 15) is 22.8 Å².